The summed E-state index contributed by atoms with van der Waals surface area (Å²) in [4.78, 5) is 18.0. The topological polar surface area (TPSA) is 55.6 Å². The lowest BCUT2D eigenvalue weighted by Crippen LogP contribution is -2.13. The van der Waals surface area contributed by atoms with Crippen LogP contribution in [0.25, 0.3) is 16.2 Å². The first-order valence-corrected chi connectivity index (χ1v) is 8.60. The van der Waals surface area contributed by atoms with E-state index in [-0.39, 0.29) is 5.91 Å². The summed E-state index contributed by atoms with van der Waals surface area (Å²) in [5, 5.41) is 4.72. The van der Waals surface area contributed by atoms with Gasteiger partial charge in [0.25, 0.3) is 5.91 Å². The van der Waals surface area contributed by atoms with E-state index in [0.29, 0.717) is 5.69 Å². The highest BCUT2D eigenvalue weighted by atomic mass is 32.1. The number of benzene rings is 2. The maximum Gasteiger partial charge on any atom is 0.273 e. The van der Waals surface area contributed by atoms with Crippen LogP contribution in [0, 0.1) is 0 Å². The van der Waals surface area contributed by atoms with E-state index in [0.717, 1.165) is 27.7 Å². The normalized spacial score (nSPS) is 10.8. The number of nitrogens with zero attached hydrogens (tertiary/aromatic N) is 2. The third kappa shape index (κ3) is 2.99. The van der Waals surface area contributed by atoms with E-state index in [2.05, 4.69) is 10.3 Å². The fourth-order valence-corrected chi connectivity index (χ4v) is 3.44. The van der Waals surface area contributed by atoms with Crippen molar-refractivity contribution in [2.24, 2.45) is 0 Å². The minimum absolute atomic E-state index is 0.160. The molecule has 0 aliphatic heterocycles. The number of rotatable bonds is 4. The second kappa shape index (κ2) is 6.41. The van der Waals surface area contributed by atoms with Crippen molar-refractivity contribution in [2.75, 3.05) is 12.4 Å². The fraction of sp³-hybridized carbons (Fsp3) is 0.0526. The Labute approximate surface area is 148 Å². The van der Waals surface area contributed by atoms with Gasteiger partial charge < -0.3 is 10.1 Å². The van der Waals surface area contributed by atoms with Crippen LogP contribution in [-0.2, 0) is 0 Å². The number of hydrogen-bond acceptors (Lipinski definition) is 4. The summed E-state index contributed by atoms with van der Waals surface area (Å²) in [6.45, 7) is 0. The van der Waals surface area contributed by atoms with Gasteiger partial charge in [-0.3, -0.25) is 9.20 Å². The molecule has 6 heteroatoms. The number of amides is 1. The van der Waals surface area contributed by atoms with Gasteiger partial charge in [0.05, 0.1) is 12.8 Å². The molecule has 2 heterocycles. The number of hydrogen-bond donors (Lipinski definition) is 1. The first-order chi connectivity index (χ1) is 12.2. The average molecular weight is 349 g/mol. The highest BCUT2D eigenvalue weighted by Gasteiger charge is 2.15. The van der Waals surface area contributed by atoms with Crippen LogP contribution in [0.2, 0.25) is 0 Å². The number of para-hydroxylation sites is 1. The highest BCUT2D eigenvalue weighted by molar-refractivity contribution is 7.15. The Kier molecular flexibility index (Phi) is 3.95. The van der Waals surface area contributed by atoms with Gasteiger partial charge in [-0.25, -0.2) is 4.98 Å². The van der Waals surface area contributed by atoms with Gasteiger partial charge >= 0.3 is 0 Å². The van der Waals surface area contributed by atoms with Gasteiger partial charge in [0, 0.05) is 22.8 Å². The highest BCUT2D eigenvalue weighted by Crippen LogP contribution is 2.26. The zero-order valence-corrected chi connectivity index (χ0v) is 14.3. The molecule has 4 rings (SSSR count). The number of imidazole rings is 1. The standard InChI is InChI=1S/C19H15N3O2S/c1-24-15-9-5-6-13(10-15)16-11-22-17(12-25-19(22)21-16)18(23)20-14-7-3-2-4-8-14/h2-12H,1H3,(H,20,23). The number of carbonyl (C=O) groups excluding carboxylic acids is 1. The minimum Gasteiger partial charge on any atom is -0.497 e. The van der Waals surface area contributed by atoms with Crippen molar-refractivity contribution in [1.82, 2.24) is 9.38 Å². The molecule has 0 fully saturated rings. The fourth-order valence-electron chi connectivity index (χ4n) is 2.59. The summed E-state index contributed by atoms with van der Waals surface area (Å²) < 4.78 is 7.08. The van der Waals surface area contributed by atoms with Crippen molar-refractivity contribution in [3.05, 3.63) is 71.9 Å². The van der Waals surface area contributed by atoms with E-state index < -0.39 is 0 Å². The van der Waals surface area contributed by atoms with E-state index in [4.69, 9.17) is 4.74 Å². The Bertz CT molecular complexity index is 1040. The third-order valence-electron chi connectivity index (χ3n) is 3.84. The van der Waals surface area contributed by atoms with Gasteiger partial charge in [-0.2, -0.15) is 0 Å². The first kappa shape index (κ1) is 15.4. The van der Waals surface area contributed by atoms with Gasteiger partial charge in [-0.15, -0.1) is 11.3 Å². The smallest absolute Gasteiger partial charge is 0.273 e. The van der Waals surface area contributed by atoms with E-state index in [1.807, 2.05) is 70.6 Å². The molecule has 1 N–H and O–H groups in total. The largest absolute Gasteiger partial charge is 0.497 e. The number of ether oxygens (including phenoxy) is 1. The van der Waals surface area contributed by atoms with Gasteiger partial charge in [-0.1, -0.05) is 30.3 Å². The van der Waals surface area contributed by atoms with Crippen LogP contribution in [0.4, 0.5) is 5.69 Å². The van der Waals surface area contributed by atoms with Crippen LogP contribution in [0.3, 0.4) is 0 Å². The maximum atomic E-state index is 12.6. The van der Waals surface area contributed by atoms with Crippen molar-refractivity contribution in [2.45, 2.75) is 0 Å². The monoisotopic (exact) mass is 349 g/mol. The number of thiazole rings is 1. The lowest BCUT2D eigenvalue weighted by atomic mass is 10.1. The lowest BCUT2D eigenvalue weighted by Gasteiger charge is -2.03. The zero-order chi connectivity index (χ0) is 17.2. The predicted octanol–water partition coefficient (Wildman–Crippen LogP) is 4.32. The maximum absolute atomic E-state index is 12.6. The molecule has 2 aromatic carbocycles. The predicted molar refractivity (Wildman–Crippen MR) is 99.5 cm³/mol. The van der Waals surface area contributed by atoms with Gasteiger partial charge in [0.15, 0.2) is 4.96 Å². The van der Waals surface area contributed by atoms with Crippen molar-refractivity contribution >= 4 is 27.9 Å². The molecule has 1 amide bonds. The zero-order valence-electron chi connectivity index (χ0n) is 13.5. The van der Waals surface area contributed by atoms with E-state index in [1.54, 1.807) is 7.11 Å². The van der Waals surface area contributed by atoms with Crippen LogP contribution in [-0.4, -0.2) is 22.4 Å². The van der Waals surface area contributed by atoms with Crippen LogP contribution in [0.15, 0.2) is 66.2 Å². The molecule has 0 saturated heterocycles. The Morgan fingerprint density at radius 2 is 2.00 bits per heavy atom. The van der Waals surface area contributed by atoms with Crippen molar-refractivity contribution < 1.29 is 9.53 Å². The second-order valence-electron chi connectivity index (χ2n) is 5.45. The number of aromatic nitrogens is 2. The number of nitrogens with one attached hydrogen (secondary N) is 1. The molecule has 0 aliphatic rings. The molecular formula is C19H15N3O2S. The lowest BCUT2D eigenvalue weighted by molar-refractivity contribution is 0.102. The van der Waals surface area contributed by atoms with Crippen LogP contribution >= 0.6 is 11.3 Å². The van der Waals surface area contributed by atoms with Crippen LogP contribution < -0.4 is 10.1 Å². The molecule has 124 valence electrons. The summed E-state index contributed by atoms with van der Waals surface area (Å²) in [5.41, 5.74) is 3.08. The SMILES string of the molecule is COc1cccc(-c2cn3c(C(=O)Nc4ccccc4)csc3n2)c1. The summed E-state index contributed by atoms with van der Waals surface area (Å²) in [6.07, 6.45) is 1.88. The minimum atomic E-state index is -0.160. The van der Waals surface area contributed by atoms with Gasteiger partial charge in [0.1, 0.15) is 11.4 Å². The summed E-state index contributed by atoms with van der Waals surface area (Å²) in [5.74, 6) is 0.614. The third-order valence-corrected chi connectivity index (χ3v) is 4.68. The molecule has 0 atom stereocenters. The Balaban J connectivity index is 1.67. The van der Waals surface area contributed by atoms with Crippen molar-refractivity contribution in [3.8, 4) is 17.0 Å². The van der Waals surface area contributed by atoms with E-state index >= 15 is 0 Å². The molecule has 0 radical (unpaired) electrons. The second-order valence-corrected chi connectivity index (χ2v) is 6.29. The Morgan fingerprint density at radius 3 is 2.80 bits per heavy atom. The van der Waals surface area contributed by atoms with Crippen LogP contribution in [0.5, 0.6) is 5.75 Å². The summed E-state index contributed by atoms with van der Waals surface area (Å²) in [7, 11) is 1.64. The molecule has 25 heavy (non-hydrogen) atoms. The molecular weight excluding hydrogens is 334 g/mol. The molecule has 0 bridgehead atoms. The molecule has 0 aliphatic carbocycles. The van der Waals surface area contributed by atoms with Crippen LogP contribution in [0.1, 0.15) is 10.5 Å². The summed E-state index contributed by atoms with van der Waals surface area (Å²) >= 11 is 1.44. The number of anilines is 1. The quantitative estimate of drug-likeness (QED) is 0.597. The van der Waals surface area contributed by atoms with E-state index in [1.165, 1.54) is 11.3 Å². The number of carbonyl (C=O) groups is 1. The molecule has 0 saturated carbocycles. The Hall–Kier alpha value is -3.12. The van der Waals surface area contributed by atoms with Crippen molar-refractivity contribution in [3.63, 3.8) is 0 Å². The molecule has 0 unspecified atom stereocenters. The van der Waals surface area contributed by atoms with Gasteiger partial charge in [-0.05, 0) is 24.3 Å². The number of fused-ring (bicyclic) bond motifs is 1. The Morgan fingerprint density at radius 1 is 1.16 bits per heavy atom. The molecule has 5 nitrogen and oxygen atoms in total. The molecule has 2 aromatic heterocycles. The van der Waals surface area contributed by atoms with Gasteiger partial charge in [0.2, 0.25) is 0 Å². The van der Waals surface area contributed by atoms with Crippen molar-refractivity contribution in [1.29, 1.82) is 0 Å². The number of methoxy groups -OCH3 is 1. The molecule has 4 aromatic rings. The first-order valence-electron chi connectivity index (χ1n) is 7.72. The molecule has 0 spiro atoms. The average Bonchev–Trinajstić information content (AvgIpc) is 3.23. The summed E-state index contributed by atoms with van der Waals surface area (Å²) in [6, 6.07) is 17.1. The van der Waals surface area contributed by atoms with E-state index in [9.17, 15) is 4.79 Å².